The molecule has 0 saturated carbocycles. The molecule has 0 fully saturated rings. The fourth-order valence-corrected chi connectivity index (χ4v) is 7.19. The Balaban J connectivity index is 1.91. The van der Waals surface area contributed by atoms with E-state index in [1.165, 1.54) is 0 Å². The first kappa shape index (κ1) is 35.8. The molecule has 0 saturated heterocycles. The van der Waals surface area contributed by atoms with Gasteiger partial charge in [-0.1, -0.05) is 60.7 Å². The van der Waals surface area contributed by atoms with E-state index in [0.29, 0.717) is 30.4 Å². The largest absolute Gasteiger partial charge is 0.444 e. The number of likely N-dealkylation sites (N-methyl/N-ethyl adjacent to an activating group) is 1. The van der Waals surface area contributed by atoms with Gasteiger partial charge >= 0.3 is 6.09 Å². The quantitative estimate of drug-likeness (QED) is 0.306. The van der Waals surface area contributed by atoms with Gasteiger partial charge in [-0.3, -0.25) is 9.59 Å². The topological polar surface area (TPSA) is 134 Å². The summed E-state index contributed by atoms with van der Waals surface area (Å²) in [6.07, 6.45) is 0.896. The maximum Gasteiger partial charge on any atom is 0.408 e. The van der Waals surface area contributed by atoms with Crippen LogP contribution in [-0.2, 0) is 30.8 Å². The molecule has 10 nitrogen and oxygen atoms in total. The van der Waals surface area contributed by atoms with Crippen LogP contribution in [0.1, 0.15) is 79.4 Å². The summed E-state index contributed by atoms with van der Waals surface area (Å²) in [5.74, 6) is -0.885. The van der Waals surface area contributed by atoms with E-state index in [1.807, 2.05) is 43.3 Å². The van der Waals surface area contributed by atoms with Gasteiger partial charge in [0.05, 0.1) is 10.4 Å². The van der Waals surface area contributed by atoms with Gasteiger partial charge in [-0.25, -0.2) is 17.9 Å². The van der Waals surface area contributed by atoms with Crippen molar-refractivity contribution in [3.05, 3.63) is 77.4 Å². The van der Waals surface area contributed by atoms with E-state index in [9.17, 15) is 22.8 Å². The Hall–Kier alpha value is -3.70. The second-order valence-electron chi connectivity index (χ2n) is 13.4. The predicted molar refractivity (Wildman–Crippen MR) is 177 cm³/mol. The van der Waals surface area contributed by atoms with Crippen LogP contribution in [0.4, 0.5) is 4.79 Å². The minimum absolute atomic E-state index is 0.0450. The van der Waals surface area contributed by atoms with Crippen LogP contribution >= 0.6 is 0 Å². The number of aryl methyl sites for hydroxylation is 1. The predicted octanol–water partition coefficient (Wildman–Crippen LogP) is 4.77. The minimum atomic E-state index is -3.83. The maximum absolute atomic E-state index is 14.2. The highest BCUT2D eigenvalue weighted by atomic mass is 32.2. The van der Waals surface area contributed by atoms with Crippen LogP contribution in [0.2, 0.25) is 0 Å². The molecule has 11 heteroatoms. The fraction of sp³-hybridized carbons (Fsp3) is 0.500. The van der Waals surface area contributed by atoms with Crippen LogP contribution in [0.3, 0.4) is 0 Å². The summed E-state index contributed by atoms with van der Waals surface area (Å²) in [5, 5.41) is 5.48. The number of benzene rings is 2. The van der Waals surface area contributed by atoms with Crippen LogP contribution < -0.4 is 15.4 Å². The molecule has 0 aromatic heterocycles. The van der Waals surface area contributed by atoms with E-state index in [2.05, 4.69) is 15.4 Å². The molecule has 2 aromatic carbocycles. The highest BCUT2D eigenvalue weighted by Crippen LogP contribution is 2.38. The molecule has 3 N–H and O–H groups in total. The Morgan fingerprint density at radius 1 is 0.956 bits per heavy atom. The van der Waals surface area contributed by atoms with E-state index >= 15 is 0 Å². The van der Waals surface area contributed by atoms with Gasteiger partial charge in [-0.2, -0.15) is 0 Å². The van der Waals surface area contributed by atoms with Gasteiger partial charge in [-0.15, -0.1) is 0 Å². The van der Waals surface area contributed by atoms with E-state index in [4.69, 9.17) is 4.74 Å². The van der Waals surface area contributed by atoms with Gasteiger partial charge in [0.25, 0.3) is 0 Å². The van der Waals surface area contributed by atoms with Gasteiger partial charge in [0, 0.05) is 13.1 Å². The number of amides is 3. The van der Waals surface area contributed by atoms with Crippen molar-refractivity contribution < 1.29 is 27.5 Å². The van der Waals surface area contributed by atoms with E-state index < -0.39 is 44.7 Å². The van der Waals surface area contributed by atoms with Crippen molar-refractivity contribution in [2.24, 2.45) is 0 Å². The molecule has 1 aliphatic heterocycles. The number of alkyl carbamates (subject to hydrolysis) is 1. The Morgan fingerprint density at radius 3 is 2.09 bits per heavy atom. The lowest BCUT2D eigenvalue weighted by Crippen LogP contribution is -2.60. The summed E-state index contributed by atoms with van der Waals surface area (Å²) < 4.78 is 34.7. The summed E-state index contributed by atoms with van der Waals surface area (Å²) in [7, 11) is -3.83. The van der Waals surface area contributed by atoms with Gasteiger partial charge in [0.15, 0.2) is 0 Å². The van der Waals surface area contributed by atoms with Crippen LogP contribution in [0.15, 0.2) is 66.2 Å². The minimum Gasteiger partial charge on any atom is -0.444 e. The average molecular weight is 641 g/mol. The van der Waals surface area contributed by atoms with Crippen molar-refractivity contribution in [3.63, 3.8) is 0 Å². The van der Waals surface area contributed by atoms with Crippen molar-refractivity contribution in [2.75, 3.05) is 13.1 Å². The molecule has 1 heterocycles. The molecule has 2 aromatic rings. The van der Waals surface area contributed by atoms with Crippen molar-refractivity contribution >= 4 is 32.8 Å². The Kier molecular flexibility index (Phi) is 11.3. The molecule has 1 atom stereocenters. The molecule has 0 spiro atoms. The number of ether oxygens (including phenoxy) is 1. The number of hydrogen-bond donors (Lipinski definition) is 3. The van der Waals surface area contributed by atoms with Crippen molar-refractivity contribution in [1.29, 1.82) is 0 Å². The SMILES string of the molecule is CCN(CC1=C(c2ccccc2)S(=O)(=O)NC1(C)C)C(=O)[C@@H](CCCc1ccccc1)NC(=O)C(C)(C)NC(=O)OC(C)(C)C. The van der Waals surface area contributed by atoms with Gasteiger partial charge in [0.1, 0.15) is 17.2 Å². The standard InChI is InChI=1S/C34H48N4O6S/c1-9-38(23-26-28(25-20-14-11-15-21-25)45(42,43)37-33(26,5)6)29(39)27(22-16-19-24-17-12-10-13-18-24)35-30(40)34(7,8)36-31(41)44-32(2,3)4/h10-15,17-18,20-21,27,37H,9,16,19,22-23H2,1-8H3,(H,35,40)(H,36,41)/t27-/m1/s1. The smallest absolute Gasteiger partial charge is 0.408 e. The molecule has 246 valence electrons. The van der Waals surface area contributed by atoms with Gasteiger partial charge in [-0.05, 0) is 91.4 Å². The average Bonchev–Trinajstić information content (AvgIpc) is 3.12. The lowest BCUT2D eigenvalue weighted by molar-refractivity contribution is -0.137. The molecule has 0 bridgehead atoms. The number of carbonyl (C=O) groups is 3. The summed E-state index contributed by atoms with van der Waals surface area (Å²) in [5.41, 5.74) is -0.870. The van der Waals surface area contributed by atoms with E-state index in [-0.39, 0.29) is 23.9 Å². The number of nitrogens with zero attached hydrogens (tertiary/aromatic N) is 1. The summed E-state index contributed by atoms with van der Waals surface area (Å²) in [4.78, 5) is 42.0. The summed E-state index contributed by atoms with van der Waals surface area (Å²) in [6.45, 7) is 14.0. The second-order valence-corrected chi connectivity index (χ2v) is 15.0. The summed E-state index contributed by atoms with van der Waals surface area (Å²) in [6, 6.07) is 17.8. The van der Waals surface area contributed by atoms with Gasteiger partial charge < -0.3 is 20.3 Å². The first-order valence-corrected chi connectivity index (χ1v) is 16.8. The molecule has 1 aliphatic rings. The Labute approximate surface area is 268 Å². The fourth-order valence-electron chi connectivity index (χ4n) is 5.21. The number of carbonyl (C=O) groups excluding carboxylic acids is 3. The van der Waals surface area contributed by atoms with Crippen LogP contribution in [0.5, 0.6) is 0 Å². The number of nitrogens with one attached hydrogen (secondary N) is 3. The normalized spacial score (nSPS) is 16.5. The van der Waals surface area contributed by atoms with Crippen molar-refractivity contribution in [1.82, 2.24) is 20.3 Å². The third-order valence-corrected chi connectivity index (χ3v) is 9.35. The van der Waals surface area contributed by atoms with E-state index in [1.54, 1.807) is 77.6 Å². The molecule has 3 rings (SSSR count). The lowest BCUT2D eigenvalue weighted by atomic mass is 9.92. The van der Waals surface area contributed by atoms with Gasteiger partial charge in [0.2, 0.25) is 21.8 Å². The second kappa shape index (κ2) is 14.2. The Morgan fingerprint density at radius 2 is 1.53 bits per heavy atom. The maximum atomic E-state index is 14.2. The Bertz CT molecular complexity index is 1500. The third-order valence-electron chi connectivity index (χ3n) is 7.55. The molecule has 0 aliphatic carbocycles. The lowest BCUT2D eigenvalue weighted by Gasteiger charge is -2.33. The van der Waals surface area contributed by atoms with Crippen LogP contribution in [0, 0.1) is 0 Å². The van der Waals surface area contributed by atoms with Crippen LogP contribution in [-0.4, -0.2) is 67.0 Å². The zero-order valence-electron chi connectivity index (χ0n) is 27.7. The molecule has 45 heavy (non-hydrogen) atoms. The number of sulfonamides is 1. The van der Waals surface area contributed by atoms with Crippen molar-refractivity contribution in [2.45, 2.75) is 97.4 Å². The molecule has 0 radical (unpaired) electrons. The monoisotopic (exact) mass is 640 g/mol. The third kappa shape index (κ3) is 9.64. The molecular weight excluding hydrogens is 592 g/mol. The number of hydrogen-bond acceptors (Lipinski definition) is 6. The molecule has 3 amide bonds. The molecule has 0 unspecified atom stereocenters. The number of rotatable bonds is 12. The highest BCUT2D eigenvalue weighted by Gasteiger charge is 2.44. The van der Waals surface area contributed by atoms with E-state index in [0.717, 1.165) is 5.56 Å². The van der Waals surface area contributed by atoms with Crippen LogP contribution in [0.25, 0.3) is 4.91 Å². The van der Waals surface area contributed by atoms with Crippen molar-refractivity contribution in [3.8, 4) is 0 Å². The highest BCUT2D eigenvalue weighted by molar-refractivity contribution is 7.99. The summed E-state index contributed by atoms with van der Waals surface area (Å²) >= 11 is 0. The first-order chi connectivity index (χ1) is 20.9. The first-order valence-electron chi connectivity index (χ1n) is 15.3. The molecular formula is C34H48N4O6S. The zero-order chi connectivity index (χ0) is 33.6. The zero-order valence-corrected chi connectivity index (χ0v) is 28.5.